The summed E-state index contributed by atoms with van der Waals surface area (Å²) in [7, 11) is 0. The van der Waals surface area contributed by atoms with Gasteiger partial charge in [0.25, 0.3) is 0 Å². The molecule has 2 N–H and O–H groups in total. The second-order valence-electron chi connectivity index (χ2n) is 6.02. The molecule has 1 aromatic rings. The van der Waals surface area contributed by atoms with E-state index in [1.165, 1.54) is 32.1 Å². The van der Waals surface area contributed by atoms with Gasteiger partial charge in [0.05, 0.1) is 18.3 Å². The fourth-order valence-electron chi connectivity index (χ4n) is 2.83. The number of carbonyl (C=O) groups excluding carboxylic acids is 1. The third-order valence-electron chi connectivity index (χ3n) is 4.15. The topological polar surface area (TPSA) is 59.0 Å². The molecule has 2 aliphatic rings. The minimum Gasteiger partial charge on any atom is -0.352 e. The van der Waals surface area contributed by atoms with Crippen LogP contribution in [-0.2, 0) is 11.3 Å². The van der Waals surface area contributed by atoms with Gasteiger partial charge in [-0.2, -0.15) is 5.10 Å². The van der Waals surface area contributed by atoms with Gasteiger partial charge in [-0.25, -0.2) is 0 Å². The van der Waals surface area contributed by atoms with E-state index in [0.717, 1.165) is 18.5 Å². The van der Waals surface area contributed by atoms with Gasteiger partial charge in [-0.1, -0.05) is 19.3 Å². The first-order valence-corrected chi connectivity index (χ1v) is 7.85. The molecule has 0 spiro atoms. The van der Waals surface area contributed by atoms with Crippen LogP contribution in [0.4, 0.5) is 0 Å². The minimum atomic E-state index is 0.0965. The molecule has 0 radical (unpaired) electrons. The van der Waals surface area contributed by atoms with E-state index < -0.39 is 0 Å². The van der Waals surface area contributed by atoms with Crippen molar-refractivity contribution in [2.24, 2.45) is 0 Å². The average Bonchev–Trinajstić information content (AvgIpc) is 3.15. The van der Waals surface area contributed by atoms with Gasteiger partial charge in [0.2, 0.25) is 5.91 Å². The zero-order chi connectivity index (χ0) is 13.8. The standard InChI is InChI=1S/C15H24N4O/c20-15(17-12-6-7-12)11-16-10-13-8-9-19(18-13)14-4-2-1-3-5-14/h8-9,12,14,16H,1-7,10-11H2,(H,17,20). The second-order valence-corrected chi connectivity index (χ2v) is 6.02. The summed E-state index contributed by atoms with van der Waals surface area (Å²) in [5, 5.41) is 10.8. The molecule has 5 heteroatoms. The highest BCUT2D eigenvalue weighted by Crippen LogP contribution is 2.27. The molecule has 1 heterocycles. The molecule has 110 valence electrons. The minimum absolute atomic E-state index is 0.0965. The number of amides is 1. The lowest BCUT2D eigenvalue weighted by molar-refractivity contribution is -0.120. The lowest BCUT2D eigenvalue weighted by Crippen LogP contribution is -2.34. The third kappa shape index (κ3) is 3.82. The highest BCUT2D eigenvalue weighted by Gasteiger charge is 2.22. The molecule has 2 fully saturated rings. The van der Waals surface area contributed by atoms with E-state index >= 15 is 0 Å². The molecule has 0 atom stereocenters. The molecular formula is C15H24N4O. The summed E-state index contributed by atoms with van der Waals surface area (Å²) in [6, 6.07) is 3.07. The fraction of sp³-hybridized carbons (Fsp3) is 0.733. The van der Waals surface area contributed by atoms with Crippen molar-refractivity contribution in [1.29, 1.82) is 0 Å². The van der Waals surface area contributed by atoms with E-state index in [-0.39, 0.29) is 5.91 Å². The maximum absolute atomic E-state index is 11.5. The van der Waals surface area contributed by atoms with Crippen LogP contribution in [0.2, 0.25) is 0 Å². The number of hydrogen-bond donors (Lipinski definition) is 2. The lowest BCUT2D eigenvalue weighted by Gasteiger charge is -2.21. The maximum Gasteiger partial charge on any atom is 0.234 e. The zero-order valence-electron chi connectivity index (χ0n) is 12.0. The number of nitrogens with one attached hydrogen (secondary N) is 2. The number of rotatable bonds is 6. The molecule has 20 heavy (non-hydrogen) atoms. The average molecular weight is 276 g/mol. The van der Waals surface area contributed by atoms with Crippen molar-refractivity contribution in [2.45, 2.75) is 63.6 Å². The monoisotopic (exact) mass is 276 g/mol. The summed E-state index contributed by atoms with van der Waals surface area (Å²) >= 11 is 0. The number of aromatic nitrogens is 2. The number of carbonyl (C=O) groups is 1. The molecule has 0 aliphatic heterocycles. The van der Waals surface area contributed by atoms with E-state index in [4.69, 9.17) is 0 Å². The quantitative estimate of drug-likeness (QED) is 0.832. The largest absolute Gasteiger partial charge is 0.352 e. The van der Waals surface area contributed by atoms with Crippen LogP contribution in [0, 0.1) is 0 Å². The summed E-state index contributed by atoms with van der Waals surface area (Å²) < 4.78 is 2.11. The molecule has 3 rings (SSSR count). The maximum atomic E-state index is 11.5. The Hall–Kier alpha value is -1.36. The van der Waals surface area contributed by atoms with Crippen LogP contribution >= 0.6 is 0 Å². The Morgan fingerprint density at radius 2 is 2.05 bits per heavy atom. The zero-order valence-corrected chi connectivity index (χ0v) is 12.0. The van der Waals surface area contributed by atoms with Crippen LogP contribution in [-0.4, -0.2) is 28.3 Å². The lowest BCUT2D eigenvalue weighted by atomic mass is 9.96. The molecule has 2 aliphatic carbocycles. The SMILES string of the molecule is O=C(CNCc1ccn(C2CCCCC2)n1)NC1CC1. The first-order valence-electron chi connectivity index (χ1n) is 7.85. The van der Waals surface area contributed by atoms with Crippen molar-refractivity contribution < 1.29 is 4.79 Å². The Kier molecular flexibility index (Phi) is 4.35. The fourth-order valence-corrected chi connectivity index (χ4v) is 2.83. The smallest absolute Gasteiger partial charge is 0.234 e. The van der Waals surface area contributed by atoms with Gasteiger partial charge in [0.1, 0.15) is 0 Å². The van der Waals surface area contributed by atoms with Crippen molar-refractivity contribution in [3.05, 3.63) is 18.0 Å². The molecule has 1 aromatic heterocycles. The normalized spacial score (nSPS) is 20.0. The molecule has 1 amide bonds. The van der Waals surface area contributed by atoms with E-state index in [9.17, 15) is 4.79 Å². The van der Waals surface area contributed by atoms with Crippen LogP contribution < -0.4 is 10.6 Å². The van der Waals surface area contributed by atoms with Gasteiger partial charge in [0.15, 0.2) is 0 Å². The van der Waals surface area contributed by atoms with Crippen LogP contribution in [0.3, 0.4) is 0 Å². The molecular weight excluding hydrogens is 252 g/mol. The molecule has 0 bridgehead atoms. The first-order chi connectivity index (χ1) is 9.81. The van der Waals surface area contributed by atoms with Gasteiger partial charge in [-0.15, -0.1) is 0 Å². The molecule has 2 saturated carbocycles. The predicted octanol–water partition coefficient (Wildman–Crippen LogP) is 1.76. The summed E-state index contributed by atoms with van der Waals surface area (Å²) in [6.07, 6.45) is 10.9. The Morgan fingerprint density at radius 1 is 1.25 bits per heavy atom. The first kappa shape index (κ1) is 13.6. The van der Waals surface area contributed by atoms with Crippen molar-refractivity contribution in [2.75, 3.05) is 6.54 Å². The van der Waals surface area contributed by atoms with E-state index in [1.807, 2.05) is 0 Å². The summed E-state index contributed by atoms with van der Waals surface area (Å²) in [5.74, 6) is 0.0965. The van der Waals surface area contributed by atoms with Gasteiger partial charge in [-0.05, 0) is 31.7 Å². The van der Waals surface area contributed by atoms with Crippen LogP contribution in [0.25, 0.3) is 0 Å². The number of hydrogen-bond acceptors (Lipinski definition) is 3. The second kappa shape index (κ2) is 6.39. The van der Waals surface area contributed by atoms with Crippen molar-refractivity contribution in [1.82, 2.24) is 20.4 Å². The van der Waals surface area contributed by atoms with Crippen LogP contribution in [0.5, 0.6) is 0 Å². The number of nitrogens with zero attached hydrogens (tertiary/aromatic N) is 2. The summed E-state index contributed by atoms with van der Waals surface area (Å²) in [6.45, 7) is 1.05. The van der Waals surface area contributed by atoms with E-state index in [0.29, 0.717) is 25.2 Å². The van der Waals surface area contributed by atoms with Gasteiger partial charge in [-0.3, -0.25) is 9.48 Å². The molecule has 5 nitrogen and oxygen atoms in total. The van der Waals surface area contributed by atoms with Gasteiger partial charge >= 0.3 is 0 Å². The molecule has 0 saturated heterocycles. The Morgan fingerprint density at radius 3 is 2.80 bits per heavy atom. The van der Waals surface area contributed by atoms with Crippen molar-refractivity contribution in [3.8, 4) is 0 Å². The molecule has 0 unspecified atom stereocenters. The predicted molar refractivity (Wildman–Crippen MR) is 77.2 cm³/mol. The van der Waals surface area contributed by atoms with Gasteiger partial charge < -0.3 is 10.6 Å². The van der Waals surface area contributed by atoms with Crippen molar-refractivity contribution in [3.63, 3.8) is 0 Å². The summed E-state index contributed by atoms with van der Waals surface area (Å²) in [4.78, 5) is 11.5. The van der Waals surface area contributed by atoms with Crippen LogP contribution in [0.15, 0.2) is 12.3 Å². The highest BCUT2D eigenvalue weighted by atomic mass is 16.2. The van der Waals surface area contributed by atoms with Gasteiger partial charge in [0, 0.05) is 18.8 Å². The van der Waals surface area contributed by atoms with E-state index in [2.05, 4.69) is 32.7 Å². The highest BCUT2D eigenvalue weighted by molar-refractivity contribution is 5.78. The Balaban J connectivity index is 1.41. The molecule has 0 aromatic carbocycles. The Labute approximate surface area is 120 Å². The van der Waals surface area contributed by atoms with Crippen molar-refractivity contribution >= 4 is 5.91 Å². The van der Waals surface area contributed by atoms with Crippen LogP contribution in [0.1, 0.15) is 56.7 Å². The summed E-state index contributed by atoms with van der Waals surface area (Å²) in [5.41, 5.74) is 1.02. The third-order valence-corrected chi connectivity index (χ3v) is 4.15. The Bertz CT molecular complexity index is 446. The van der Waals surface area contributed by atoms with E-state index in [1.54, 1.807) is 0 Å².